The van der Waals surface area contributed by atoms with Gasteiger partial charge in [0.15, 0.2) is 0 Å². The van der Waals surface area contributed by atoms with Gasteiger partial charge in [-0.25, -0.2) is 17.9 Å². The second-order valence-electron chi connectivity index (χ2n) is 7.56. The maximum atomic E-state index is 12.7. The van der Waals surface area contributed by atoms with Gasteiger partial charge in [0.05, 0.1) is 4.90 Å². The number of piperidine rings is 1. The molecule has 0 unspecified atom stereocenters. The number of nitrogens with one attached hydrogen (secondary N) is 2. The van der Waals surface area contributed by atoms with E-state index in [0.29, 0.717) is 43.4 Å². The van der Waals surface area contributed by atoms with Crippen LogP contribution in [0.4, 0.5) is 4.79 Å². The van der Waals surface area contributed by atoms with E-state index < -0.39 is 10.0 Å². The zero-order valence-corrected chi connectivity index (χ0v) is 17.0. The van der Waals surface area contributed by atoms with E-state index in [1.165, 1.54) is 0 Å². The Labute approximate surface area is 162 Å². The van der Waals surface area contributed by atoms with Gasteiger partial charge in [-0.1, -0.05) is 6.07 Å². The Balaban J connectivity index is 1.65. The van der Waals surface area contributed by atoms with Crippen LogP contribution in [0.5, 0.6) is 0 Å². The Bertz CT molecular complexity index is 781. The quantitative estimate of drug-likeness (QED) is 0.791. The fraction of sp³-hybridized carbons (Fsp3) is 0.632. The van der Waals surface area contributed by atoms with Gasteiger partial charge < -0.3 is 15.1 Å². The summed E-state index contributed by atoms with van der Waals surface area (Å²) < 4.78 is 28.2. The van der Waals surface area contributed by atoms with Crippen LogP contribution in [0, 0.1) is 5.92 Å². The van der Waals surface area contributed by atoms with Crippen molar-refractivity contribution in [3.05, 3.63) is 29.3 Å². The zero-order chi connectivity index (χ0) is 19.4. The number of urea groups is 1. The van der Waals surface area contributed by atoms with Gasteiger partial charge in [-0.3, -0.25) is 0 Å². The summed E-state index contributed by atoms with van der Waals surface area (Å²) in [6.45, 7) is 6.11. The molecule has 0 bridgehead atoms. The summed E-state index contributed by atoms with van der Waals surface area (Å²) in [6, 6.07) is 5.18. The SMILES string of the molecule is CCNC(=O)N1CCc2cc(S(=O)(=O)NC[C@H]3CCCN(C)C3)ccc2C1. The molecule has 1 saturated heterocycles. The summed E-state index contributed by atoms with van der Waals surface area (Å²) in [4.78, 5) is 16.3. The Morgan fingerprint density at radius 3 is 2.81 bits per heavy atom. The molecular formula is C19H30N4O3S. The number of fused-ring (bicyclic) bond motifs is 1. The predicted octanol–water partition coefficient (Wildman–Crippen LogP) is 1.39. The molecule has 27 heavy (non-hydrogen) atoms. The number of sulfonamides is 1. The van der Waals surface area contributed by atoms with Crippen LogP contribution in [0.15, 0.2) is 23.1 Å². The van der Waals surface area contributed by atoms with Crippen molar-refractivity contribution in [1.29, 1.82) is 0 Å². The van der Waals surface area contributed by atoms with Gasteiger partial charge in [0, 0.05) is 32.7 Å². The fourth-order valence-electron chi connectivity index (χ4n) is 3.88. The lowest BCUT2D eigenvalue weighted by molar-refractivity contribution is 0.193. The average molecular weight is 395 g/mol. The molecule has 150 valence electrons. The molecule has 0 spiro atoms. The van der Waals surface area contributed by atoms with Crippen molar-refractivity contribution in [2.75, 3.05) is 39.8 Å². The van der Waals surface area contributed by atoms with Crippen molar-refractivity contribution in [2.45, 2.75) is 37.6 Å². The van der Waals surface area contributed by atoms with Gasteiger partial charge in [0.1, 0.15) is 0 Å². The normalized spacial score (nSPS) is 21.0. The minimum absolute atomic E-state index is 0.0704. The summed E-state index contributed by atoms with van der Waals surface area (Å²) in [5, 5.41) is 2.81. The van der Waals surface area contributed by atoms with E-state index in [9.17, 15) is 13.2 Å². The summed E-state index contributed by atoms with van der Waals surface area (Å²) in [6.07, 6.45) is 2.85. The van der Waals surface area contributed by atoms with Crippen LogP contribution in [0.3, 0.4) is 0 Å². The Morgan fingerprint density at radius 2 is 2.07 bits per heavy atom. The van der Waals surface area contributed by atoms with Crippen LogP contribution < -0.4 is 10.0 Å². The molecule has 2 N–H and O–H groups in total. The molecular weight excluding hydrogens is 364 g/mol. The van der Waals surface area contributed by atoms with Gasteiger partial charge in [-0.15, -0.1) is 0 Å². The van der Waals surface area contributed by atoms with E-state index in [1.54, 1.807) is 17.0 Å². The molecule has 2 heterocycles. The van der Waals surface area contributed by atoms with E-state index in [0.717, 1.165) is 37.1 Å². The van der Waals surface area contributed by atoms with Crippen LogP contribution in [-0.4, -0.2) is 64.0 Å². The molecule has 0 aliphatic carbocycles. The minimum Gasteiger partial charge on any atom is -0.338 e. The van der Waals surface area contributed by atoms with Gasteiger partial charge in [-0.05, 0) is 69.0 Å². The number of carbonyl (C=O) groups is 1. The van der Waals surface area contributed by atoms with E-state index in [1.807, 2.05) is 13.0 Å². The first-order chi connectivity index (χ1) is 12.9. The van der Waals surface area contributed by atoms with E-state index in [4.69, 9.17) is 0 Å². The first kappa shape index (κ1) is 20.1. The van der Waals surface area contributed by atoms with E-state index >= 15 is 0 Å². The second kappa shape index (κ2) is 8.58. The molecule has 2 amide bonds. The van der Waals surface area contributed by atoms with Gasteiger partial charge in [0.25, 0.3) is 0 Å². The van der Waals surface area contributed by atoms with Crippen molar-refractivity contribution in [1.82, 2.24) is 19.8 Å². The number of nitrogens with zero attached hydrogens (tertiary/aromatic N) is 2. The fourth-order valence-corrected chi connectivity index (χ4v) is 5.05. The molecule has 3 rings (SSSR count). The number of benzene rings is 1. The number of hydrogen-bond acceptors (Lipinski definition) is 4. The number of carbonyl (C=O) groups excluding carboxylic acids is 1. The first-order valence-electron chi connectivity index (χ1n) is 9.72. The lowest BCUT2D eigenvalue weighted by atomic mass is 9.99. The number of hydrogen-bond donors (Lipinski definition) is 2. The van der Waals surface area contributed by atoms with Crippen molar-refractivity contribution in [2.24, 2.45) is 5.92 Å². The summed E-state index contributed by atoms with van der Waals surface area (Å²) in [5.41, 5.74) is 2.02. The molecule has 2 aliphatic rings. The predicted molar refractivity (Wildman–Crippen MR) is 105 cm³/mol. The molecule has 0 aromatic heterocycles. The maximum Gasteiger partial charge on any atom is 0.317 e. The largest absolute Gasteiger partial charge is 0.338 e. The highest BCUT2D eigenvalue weighted by Gasteiger charge is 2.24. The van der Waals surface area contributed by atoms with Crippen molar-refractivity contribution in [3.63, 3.8) is 0 Å². The highest BCUT2D eigenvalue weighted by Crippen LogP contribution is 2.23. The topological polar surface area (TPSA) is 81.8 Å². The van der Waals surface area contributed by atoms with Gasteiger partial charge in [-0.2, -0.15) is 0 Å². The second-order valence-corrected chi connectivity index (χ2v) is 9.33. The van der Waals surface area contributed by atoms with Crippen molar-refractivity contribution >= 4 is 16.1 Å². The number of amides is 2. The molecule has 2 aliphatic heterocycles. The molecule has 0 radical (unpaired) electrons. The van der Waals surface area contributed by atoms with Crippen LogP contribution in [-0.2, 0) is 23.0 Å². The monoisotopic (exact) mass is 394 g/mol. The maximum absolute atomic E-state index is 12.7. The lowest BCUT2D eigenvalue weighted by Gasteiger charge is -2.30. The summed E-state index contributed by atoms with van der Waals surface area (Å²) >= 11 is 0. The first-order valence-corrected chi connectivity index (χ1v) is 11.2. The summed E-state index contributed by atoms with van der Waals surface area (Å²) in [5.74, 6) is 0.363. The zero-order valence-electron chi connectivity index (χ0n) is 16.2. The summed E-state index contributed by atoms with van der Waals surface area (Å²) in [7, 11) is -1.43. The third-order valence-electron chi connectivity index (χ3n) is 5.40. The number of likely N-dealkylation sites (tertiary alicyclic amines) is 1. The van der Waals surface area contributed by atoms with E-state index in [-0.39, 0.29) is 6.03 Å². The molecule has 8 heteroatoms. The molecule has 0 saturated carbocycles. The molecule has 1 aromatic rings. The van der Waals surface area contributed by atoms with Crippen molar-refractivity contribution in [3.8, 4) is 0 Å². The molecule has 1 atom stereocenters. The van der Waals surface area contributed by atoms with Crippen LogP contribution in [0.25, 0.3) is 0 Å². The highest BCUT2D eigenvalue weighted by molar-refractivity contribution is 7.89. The van der Waals surface area contributed by atoms with Crippen LogP contribution >= 0.6 is 0 Å². The smallest absolute Gasteiger partial charge is 0.317 e. The van der Waals surface area contributed by atoms with Gasteiger partial charge in [0.2, 0.25) is 10.0 Å². The Hall–Kier alpha value is -1.64. The van der Waals surface area contributed by atoms with Gasteiger partial charge >= 0.3 is 6.03 Å². The van der Waals surface area contributed by atoms with Crippen LogP contribution in [0.1, 0.15) is 30.9 Å². The highest BCUT2D eigenvalue weighted by atomic mass is 32.2. The molecule has 1 fully saturated rings. The van der Waals surface area contributed by atoms with Crippen molar-refractivity contribution < 1.29 is 13.2 Å². The van der Waals surface area contributed by atoms with Crippen LogP contribution in [0.2, 0.25) is 0 Å². The van der Waals surface area contributed by atoms with E-state index in [2.05, 4.69) is 22.0 Å². The third-order valence-corrected chi connectivity index (χ3v) is 6.82. The third kappa shape index (κ3) is 5.00. The molecule has 7 nitrogen and oxygen atoms in total. The Morgan fingerprint density at radius 1 is 1.26 bits per heavy atom. The standard InChI is InChI=1S/C19H30N4O3S/c1-3-20-19(24)23-10-8-16-11-18(7-6-17(16)14-23)27(25,26)21-12-15-5-4-9-22(2)13-15/h6-7,11,15,21H,3-5,8-10,12-14H2,1-2H3,(H,20,24)/t15-/m1/s1. The Kier molecular flexibility index (Phi) is 6.39. The lowest BCUT2D eigenvalue weighted by Crippen LogP contribution is -2.42. The molecule has 1 aromatic carbocycles. The number of rotatable bonds is 5. The average Bonchev–Trinajstić information content (AvgIpc) is 2.66. The minimum atomic E-state index is -3.51.